The van der Waals surface area contributed by atoms with Gasteiger partial charge in [0.15, 0.2) is 0 Å². The van der Waals surface area contributed by atoms with Crippen molar-refractivity contribution >= 4 is 6.09 Å². The summed E-state index contributed by atoms with van der Waals surface area (Å²) in [6.07, 6.45) is 1.21. The summed E-state index contributed by atoms with van der Waals surface area (Å²) < 4.78 is 19.3. The van der Waals surface area contributed by atoms with Gasteiger partial charge in [-0.2, -0.15) is 0 Å². The molecule has 1 amide bonds. The van der Waals surface area contributed by atoms with Gasteiger partial charge >= 0.3 is 6.09 Å². The number of carbonyl (C=O) groups is 1. The summed E-state index contributed by atoms with van der Waals surface area (Å²) in [7, 11) is 2.03. The van der Waals surface area contributed by atoms with E-state index in [0.29, 0.717) is 12.1 Å². The van der Waals surface area contributed by atoms with Crippen LogP contribution in [0.25, 0.3) is 0 Å². The zero-order chi connectivity index (χ0) is 18.2. The topological polar surface area (TPSA) is 67.6 Å². The smallest absolute Gasteiger partial charge is 0.407 e. The van der Waals surface area contributed by atoms with Crippen molar-refractivity contribution in [2.45, 2.75) is 45.8 Å². The first-order valence-electron chi connectivity index (χ1n) is 8.34. The van der Waals surface area contributed by atoms with E-state index in [2.05, 4.69) is 10.2 Å². The van der Waals surface area contributed by atoms with Crippen LogP contribution < -0.4 is 11.1 Å². The van der Waals surface area contributed by atoms with Crippen LogP contribution in [-0.4, -0.2) is 43.3 Å². The van der Waals surface area contributed by atoms with Crippen molar-refractivity contribution in [3.8, 4) is 0 Å². The number of nitrogens with one attached hydrogen (secondary N) is 1. The number of likely N-dealkylation sites (N-methyl/N-ethyl adjacent to an activating group) is 1. The summed E-state index contributed by atoms with van der Waals surface area (Å²) in [6.45, 7) is 7.90. The second kappa shape index (κ2) is 9.59. The minimum atomic E-state index is -0.566. The molecule has 0 unspecified atom stereocenters. The van der Waals surface area contributed by atoms with Crippen LogP contribution in [0.1, 0.15) is 38.3 Å². The number of hydrogen-bond acceptors (Lipinski definition) is 4. The standard InChI is InChI=1S/C18H30FN3O2/c1-18(2,3)24-17(23)21-13-15-8-7-14(12-16(15)19)6-5-10-22(4)11-9-20/h7-8,12H,5-6,9-11,13,20H2,1-4H3,(H,21,23). The summed E-state index contributed by atoms with van der Waals surface area (Å²) >= 11 is 0. The quantitative estimate of drug-likeness (QED) is 0.764. The zero-order valence-corrected chi connectivity index (χ0v) is 15.2. The third kappa shape index (κ3) is 8.26. The Hall–Kier alpha value is -1.66. The Morgan fingerprint density at radius 2 is 2.04 bits per heavy atom. The lowest BCUT2D eigenvalue weighted by atomic mass is 10.1. The molecule has 0 aromatic heterocycles. The number of benzene rings is 1. The van der Waals surface area contributed by atoms with Gasteiger partial charge in [0.1, 0.15) is 11.4 Å². The summed E-state index contributed by atoms with van der Waals surface area (Å²) in [5, 5.41) is 2.57. The van der Waals surface area contributed by atoms with Crippen LogP contribution in [-0.2, 0) is 17.7 Å². The lowest BCUT2D eigenvalue weighted by Gasteiger charge is -2.19. The fourth-order valence-corrected chi connectivity index (χ4v) is 2.26. The van der Waals surface area contributed by atoms with Crippen LogP contribution in [0.15, 0.2) is 18.2 Å². The molecule has 136 valence electrons. The van der Waals surface area contributed by atoms with E-state index >= 15 is 0 Å². The Bertz CT molecular complexity index is 529. The summed E-state index contributed by atoms with van der Waals surface area (Å²) in [5.41, 5.74) is 6.34. The number of rotatable bonds is 8. The maximum atomic E-state index is 14.1. The molecule has 0 saturated carbocycles. The second-order valence-electron chi connectivity index (χ2n) is 6.98. The molecule has 0 aliphatic rings. The molecule has 1 rings (SSSR count). The minimum absolute atomic E-state index is 0.111. The zero-order valence-electron chi connectivity index (χ0n) is 15.2. The molecule has 0 atom stereocenters. The van der Waals surface area contributed by atoms with Crippen molar-refractivity contribution in [2.75, 3.05) is 26.7 Å². The van der Waals surface area contributed by atoms with Crippen molar-refractivity contribution in [1.82, 2.24) is 10.2 Å². The molecule has 3 N–H and O–H groups in total. The van der Waals surface area contributed by atoms with Crippen molar-refractivity contribution in [2.24, 2.45) is 5.73 Å². The van der Waals surface area contributed by atoms with Gasteiger partial charge in [-0.3, -0.25) is 0 Å². The van der Waals surface area contributed by atoms with Gasteiger partial charge in [0.25, 0.3) is 0 Å². The van der Waals surface area contributed by atoms with Crippen LogP contribution >= 0.6 is 0 Å². The van der Waals surface area contributed by atoms with E-state index in [1.807, 2.05) is 13.1 Å². The average Bonchev–Trinajstić information content (AvgIpc) is 2.45. The Morgan fingerprint density at radius 3 is 2.62 bits per heavy atom. The Labute approximate surface area is 144 Å². The van der Waals surface area contributed by atoms with Crippen molar-refractivity contribution in [3.05, 3.63) is 35.1 Å². The Morgan fingerprint density at radius 1 is 1.33 bits per heavy atom. The van der Waals surface area contributed by atoms with Gasteiger partial charge in [-0.05, 0) is 58.8 Å². The highest BCUT2D eigenvalue weighted by Gasteiger charge is 2.16. The molecule has 0 aliphatic heterocycles. The normalized spacial score (nSPS) is 11.6. The molecule has 0 heterocycles. The predicted octanol–water partition coefficient (Wildman–Crippen LogP) is 2.67. The number of carbonyl (C=O) groups excluding carboxylic acids is 1. The average molecular weight is 339 g/mol. The molecular weight excluding hydrogens is 309 g/mol. The number of halogens is 1. The van der Waals surface area contributed by atoms with Gasteiger partial charge in [0.2, 0.25) is 0 Å². The van der Waals surface area contributed by atoms with Crippen molar-refractivity contribution in [1.29, 1.82) is 0 Å². The minimum Gasteiger partial charge on any atom is -0.444 e. The highest BCUT2D eigenvalue weighted by Crippen LogP contribution is 2.13. The molecule has 0 radical (unpaired) electrons. The maximum Gasteiger partial charge on any atom is 0.407 e. The van der Waals surface area contributed by atoms with E-state index in [1.165, 1.54) is 6.07 Å². The Balaban J connectivity index is 2.45. The largest absolute Gasteiger partial charge is 0.444 e. The predicted molar refractivity (Wildman–Crippen MR) is 94.3 cm³/mol. The third-order valence-corrected chi connectivity index (χ3v) is 3.46. The second-order valence-corrected chi connectivity index (χ2v) is 6.98. The first kappa shape index (κ1) is 20.4. The van der Waals surface area contributed by atoms with Gasteiger partial charge in [-0.1, -0.05) is 12.1 Å². The molecule has 5 nitrogen and oxygen atoms in total. The lowest BCUT2D eigenvalue weighted by Crippen LogP contribution is -2.32. The lowest BCUT2D eigenvalue weighted by molar-refractivity contribution is 0.0523. The number of nitrogens with two attached hydrogens (primary N) is 1. The highest BCUT2D eigenvalue weighted by molar-refractivity contribution is 5.67. The van der Waals surface area contributed by atoms with Gasteiger partial charge < -0.3 is 20.7 Å². The molecule has 1 aromatic carbocycles. The molecule has 0 aliphatic carbocycles. The van der Waals surface area contributed by atoms with Crippen molar-refractivity contribution < 1.29 is 13.9 Å². The molecule has 0 bridgehead atoms. The van der Waals surface area contributed by atoms with E-state index in [0.717, 1.165) is 31.5 Å². The number of nitrogens with zero attached hydrogens (tertiary/aromatic N) is 1. The molecule has 1 aromatic rings. The van der Waals surface area contributed by atoms with Crippen molar-refractivity contribution in [3.63, 3.8) is 0 Å². The Kier molecular flexibility index (Phi) is 8.15. The monoisotopic (exact) mass is 339 g/mol. The molecule has 0 spiro atoms. The molecule has 6 heteroatoms. The van der Waals surface area contributed by atoms with Gasteiger partial charge in [-0.25, -0.2) is 9.18 Å². The van der Waals surface area contributed by atoms with Gasteiger partial charge in [-0.15, -0.1) is 0 Å². The first-order valence-corrected chi connectivity index (χ1v) is 8.34. The maximum absolute atomic E-state index is 14.1. The molecular formula is C18H30FN3O2. The van der Waals surface area contributed by atoms with Crippen LogP contribution in [0.3, 0.4) is 0 Å². The highest BCUT2D eigenvalue weighted by atomic mass is 19.1. The van der Waals surface area contributed by atoms with E-state index in [9.17, 15) is 9.18 Å². The summed E-state index contributed by atoms with van der Waals surface area (Å²) in [6, 6.07) is 5.15. The van der Waals surface area contributed by atoms with Crippen LogP contribution in [0, 0.1) is 5.82 Å². The van der Waals surface area contributed by atoms with Crippen LogP contribution in [0.5, 0.6) is 0 Å². The number of alkyl carbamates (subject to hydrolysis) is 1. The molecule has 0 fully saturated rings. The first-order chi connectivity index (χ1) is 11.2. The summed E-state index contributed by atoms with van der Waals surface area (Å²) in [4.78, 5) is 13.8. The van der Waals surface area contributed by atoms with Gasteiger partial charge in [0.05, 0.1) is 0 Å². The van der Waals surface area contributed by atoms with Gasteiger partial charge in [0, 0.05) is 25.2 Å². The van der Waals surface area contributed by atoms with E-state index in [1.54, 1.807) is 26.8 Å². The molecule has 0 saturated heterocycles. The van der Waals surface area contributed by atoms with Crippen LogP contribution in [0.4, 0.5) is 9.18 Å². The summed E-state index contributed by atoms with van der Waals surface area (Å²) in [5.74, 6) is -0.307. The number of amides is 1. The fraction of sp³-hybridized carbons (Fsp3) is 0.611. The fourth-order valence-electron chi connectivity index (χ4n) is 2.26. The van der Waals surface area contributed by atoms with E-state index in [4.69, 9.17) is 10.5 Å². The van der Waals surface area contributed by atoms with Crippen LogP contribution in [0.2, 0.25) is 0 Å². The van der Waals surface area contributed by atoms with E-state index in [-0.39, 0.29) is 12.4 Å². The number of ether oxygens (including phenoxy) is 1. The third-order valence-electron chi connectivity index (χ3n) is 3.46. The molecule has 24 heavy (non-hydrogen) atoms. The SMILES string of the molecule is CN(CCN)CCCc1ccc(CNC(=O)OC(C)(C)C)c(F)c1. The van der Waals surface area contributed by atoms with E-state index < -0.39 is 11.7 Å². The number of aryl methyl sites for hydroxylation is 1. The number of hydrogen-bond donors (Lipinski definition) is 2.